The highest BCUT2D eigenvalue weighted by atomic mass is 16.5. The van der Waals surface area contributed by atoms with E-state index < -0.39 is 0 Å². The van der Waals surface area contributed by atoms with E-state index in [0.29, 0.717) is 18.4 Å². The first-order chi connectivity index (χ1) is 9.60. The van der Waals surface area contributed by atoms with Crippen LogP contribution in [0.25, 0.3) is 0 Å². The van der Waals surface area contributed by atoms with Crippen LogP contribution in [0.2, 0.25) is 0 Å². The molecule has 0 saturated carbocycles. The van der Waals surface area contributed by atoms with Crippen LogP contribution in [0.3, 0.4) is 0 Å². The van der Waals surface area contributed by atoms with Gasteiger partial charge in [0, 0.05) is 11.8 Å². The predicted octanol–water partition coefficient (Wildman–Crippen LogP) is 3.67. The fourth-order valence-electron chi connectivity index (χ4n) is 2.17. The Bertz CT molecular complexity index is 584. The van der Waals surface area contributed by atoms with Crippen molar-refractivity contribution in [1.29, 1.82) is 0 Å². The highest BCUT2D eigenvalue weighted by Gasteiger charge is 2.10. The summed E-state index contributed by atoms with van der Waals surface area (Å²) in [5, 5.41) is 3.34. The molecule has 1 atom stereocenters. The second kappa shape index (κ2) is 6.37. The van der Waals surface area contributed by atoms with E-state index in [0.717, 1.165) is 5.69 Å². The maximum atomic E-state index is 5.45. The summed E-state index contributed by atoms with van der Waals surface area (Å²) in [4.78, 5) is 8.78. The molecule has 2 rings (SSSR count). The summed E-state index contributed by atoms with van der Waals surface area (Å²) in [6, 6.07) is 10.3. The molecule has 4 nitrogen and oxygen atoms in total. The highest BCUT2D eigenvalue weighted by molar-refractivity contribution is 5.37. The Kier molecular flexibility index (Phi) is 4.56. The zero-order valence-corrected chi connectivity index (χ0v) is 12.5. The van der Waals surface area contributed by atoms with E-state index in [1.54, 1.807) is 0 Å². The van der Waals surface area contributed by atoms with E-state index in [1.165, 1.54) is 11.1 Å². The van der Waals surface area contributed by atoms with E-state index in [2.05, 4.69) is 41.3 Å². The molecule has 0 aliphatic rings. The molecule has 0 bridgehead atoms. The number of ether oxygens (including phenoxy) is 1. The quantitative estimate of drug-likeness (QED) is 0.901. The lowest BCUT2D eigenvalue weighted by Crippen LogP contribution is -2.11. The van der Waals surface area contributed by atoms with Gasteiger partial charge in [0.1, 0.15) is 0 Å². The highest BCUT2D eigenvalue weighted by Crippen LogP contribution is 2.21. The molecule has 0 spiro atoms. The topological polar surface area (TPSA) is 47.0 Å². The number of anilines is 1. The molecule has 1 N–H and O–H groups in total. The second-order valence-corrected chi connectivity index (χ2v) is 4.83. The summed E-state index contributed by atoms with van der Waals surface area (Å²) in [6.07, 6.45) is 0. The Morgan fingerprint density at radius 1 is 1.20 bits per heavy atom. The van der Waals surface area contributed by atoms with Crippen molar-refractivity contribution < 1.29 is 4.74 Å². The zero-order valence-electron chi connectivity index (χ0n) is 12.5. The lowest BCUT2D eigenvalue weighted by molar-refractivity contribution is 0.326. The molecule has 0 saturated heterocycles. The van der Waals surface area contributed by atoms with Crippen molar-refractivity contribution in [3.63, 3.8) is 0 Å². The molecule has 4 heteroatoms. The molecule has 0 aliphatic carbocycles. The number of nitrogens with one attached hydrogen (secondary N) is 1. The molecule has 0 fully saturated rings. The molecule has 0 amide bonds. The van der Waals surface area contributed by atoms with Crippen LogP contribution >= 0.6 is 0 Å². The molecular weight excluding hydrogens is 250 g/mol. The molecule has 0 aliphatic heterocycles. The van der Waals surface area contributed by atoms with Crippen molar-refractivity contribution in [3.8, 4) is 5.88 Å². The van der Waals surface area contributed by atoms with Gasteiger partial charge in [-0.15, -0.1) is 0 Å². The standard InChI is InChI=1S/C16H21N3O/c1-5-20-15-10-12(3)17-16(19-15)18-13(4)14-9-7-6-8-11(14)2/h6-10,13H,5H2,1-4H3,(H,17,18,19). The Hall–Kier alpha value is -2.10. The summed E-state index contributed by atoms with van der Waals surface area (Å²) in [5.41, 5.74) is 3.39. The first-order valence-electron chi connectivity index (χ1n) is 6.90. The minimum Gasteiger partial charge on any atom is -0.478 e. The third kappa shape index (κ3) is 3.47. The Morgan fingerprint density at radius 2 is 1.95 bits per heavy atom. The van der Waals surface area contributed by atoms with Gasteiger partial charge < -0.3 is 10.1 Å². The van der Waals surface area contributed by atoms with Gasteiger partial charge in [0.15, 0.2) is 0 Å². The van der Waals surface area contributed by atoms with Gasteiger partial charge in [-0.1, -0.05) is 24.3 Å². The van der Waals surface area contributed by atoms with Crippen LogP contribution in [0.1, 0.15) is 36.7 Å². The molecule has 1 aromatic carbocycles. The minimum absolute atomic E-state index is 0.146. The van der Waals surface area contributed by atoms with Crippen LogP contribution in [0.4, 0.5) is 5.95 Å². The summed E-state index contributed by atoms with van der Waals surface area (Å²) in [5.74, 6) is 1.21. The van der Waals surface area contributed by atoms with Crippen molar-refractivity contribution in [2.45, 2.75) is 33.7 Å². The van der Waals surface area contributed by atoms with Crippen LogP contribution in [0, 0.1) is 13.8 Å². The summed E-state index contributed by atoms with van der Waals surface area (Å²) in [7, 11) is 0. The lowest BCUT2D eigenvalue weighted by atomic mass is 10.0. The van der Waals surface area contributed by atoms with Gasteiger partial charge in [0.05, 0.1) is 12.6 Å². The number of hydrogen-bond donors (Lipinski definition) is 1. The fourth-order valence-corrected chi connectivity index (χ4v) is 2.17. The van der Waals surface area contributed by atoms with Crippen LogP contribution in [0.5, 0.6) is 5.88 Å². The summed E-state index contributed by atoms with van der Waals surface area (Å²) >= 11 is 0. The van der Waals surface area contributed by atoms with Crippen molar-refractivity contribution in [2.24, 2.45) is 0 Å². The van der Waals surface area contributed by atoms with Crippen molar-refractivity contribution in [2.75, 3.05) is 11.9 Å². The molecule has 106 valence electrons. The second-order valence-electron chi connectivity index (χ2n) is 4.83. The number of aryl methyl sites for hydroxylation is 2. The van der Waals surface area contributed by atoms with E-state index in [9.17, 15) is 0 Å². The predicted molar refractivity (Wildman–Crippen MR) is 81.2 cm³/mol. The van der Waals surface area contributed by atoms with Gasteiger partial charge in [-0.3, -0.25) is 0 Å². The van der Waals surface area contributed by atoms with E-state index in [1.807, 2.05) is 32.0 Å². The van der Waals surface area contributed by atoms with Gasteiger partial charge in [0.25, 0.3) is 0 Å². The first-order valence-corrected chi connectivity index (χ1v) is 6.90. The van der Waals surface area contributed by atoms with Crippen molar-refractivity contribution >= 4 is 5.95 Å². The molecule has 2 aromatic rings. The summed E-state index contributed by atoms with van der Waals surface area (Å²) < 4.78 is 5.45. The van der Waals surface area contributed by atoms with Crippen LogP contribution in [0.15, 0.2) is 30.3 Å². The van der Waals surface area contributed by atoms with E-state index in [4.69, 9.17) is 4.74 Å². The Morgan fingerprint density at radius 3 is 2.65 bits per heavy atom. The van der Waals surface area contributed by atoms with Crippen molar-refractivity contribution in [1.82, 2.24) is 9.97 Å². The Labute approximate surface area is 120 Å². The van der Waals surface area contributed by atoms with Crippen LogP contribution in [-0.2, 0) is 0 Å². The summed E-state index contributed by atoms with van der Waals surface area (Å²) in [6.45, 7) is 8.70. The Balaban J connectivity index is 2.19. The van der Waals surface area contributed by atoms with Gasteiger partial charge in [-0.25, -0.2) is 4.98 Å². The maximum absolute atomic E-state index is 5.45. The van der Waals surface area contributed by atoms with E-state index >= 15 is 0 Å². The van der Waals surface area contributed by atoms with Gasteiger partial charge in [0.2, 0.25) is 11.8 Å². The average Bonchev–Trinajstić information content (AvgIpc) is 2.38. The average molecular weight is 271 g/mol. The molecule has 20 heavy (non-hydrogen) atoms. The number of rotatable bonds is 5. The molecule has 1 aromatic heterocycles. The maximum Gasteiger partial charge on any atom is 0.226 e. The SMILES string of the molecule is CCOc1cc(C)nc(NC(C)c2ccccc2C)n1. The third-order valence-electron chi connectivity index (χ3n) is 3.12. The monoisotopic (exact) mass is 271 g/mol. The smallest absolute Gasteiger partial charge is 0.226 e. The normalized spacial score (nSPS) is 12.0. The zero-order chi connectivity index (χ0) is 14.5. The number of benzene rings is 1. The number of hydrogen-bond acceptors (Lipinski definition) is 4. The van der Waals surface area contributed by atoms with Crippen molar-refractivity contribution in [3.05, 3.63) is 47.2 Å². The van der Waals surface area contributed by atoms with Gasteiger partial charge >= 0.3 is 0 Å². The first kappa shape index (κ1) is 14.3. The third-order valence-corrected chi connectivity index (χ3v) is 3.12. The number of nitrogens with zero attached hydrogens (tertiary/aromatic N) is 2. The van der Waals surface area contributed by atoms with Gasteiger partial charge in [-0.05, 0) is 38.8 Å². The lowest BCUT2D eigenvalue weighted by Gasteiger charge is -2.17. The van der Waals surface area contributed by atoms with E-state index in [-0.39, 0.29) is 6.04 Å². The largest absolute Gasteiger partial charge is 0.478 e. The molecular formula is C16H21N3O. The van der Waals surface area contributed by atoms with Crippen LogP contribution < -0.4 is 10.1 Å². The van der Waals surface area contributed by atoms with Gasteiger partial charge in [-0.2, -0.15) is 4.98 Å². The molecule has 0 radical (unpaired) electrons. The minimum atomic E-state index is 0.146. The fraction of sp³-hybridized carbons (Fsp3) is 0.375. The number of aromatic nitrogens is 2. The van der Waals surface area contributed by atoms with Crippen LogP contribution in [-0.4, -0.2) is 16.6 Å². The molecule has 1 unspecified atom stereocenters. The molecule has 1 heterocycles.